The van der Waals surface area contributed by atoms with Crippen molar-refractivity contribution in [2.24, 2.45) is 0 Å². The van der Waals surface area contributed by atoms with Crippen LogP contribution in [0.4, 0.5) is 0 Å². The average molecular weight is 488 g/mol. The summed E-state index contributed by atoms with van der Waals surface area (Å²) in [6.07, 6.45) is 4.05. The molecule has 0 aliphatic rings. The maximum Gasteiger partial charge on any atom is 0.162 e. The molecule has 37 heavy (non-hydrogen) atoms. The Kier molecular flexibility index (Phi) is 7.77. The third-order valence-corrected chi connectivity index (χ3v) is 5.88. The van der Waals surface area contributed by atoms with Gasteiger partial charge in [0.1, 0.15) is 19.0 Å². The Balaban J connectivity index is 1.35. The summed E-state index contributed by atoms with van der Waals surface area (Å²) in [5.41, 5.74) is 5.03. The molecule has 4 aromatic carbocycles. The fraction of sp³-hybridized carbons (Fsp3) is 0.121. The molecule has 4 heteroatoms. The lowest BCUT2D eigenvalue weighted by Gasteiger charge is -2.14. The molecule has 0 fully saturated rings. The largest absolute Gasteiger partial charge is 0.494 e. The van der Waals surface area contributed by atoms with Crippen molar-refractivity contribution in [3.63, 3.8) is 0 Å². The predicted molar refractivity (Wildman–Crippen MR) is 150 cm³/mol. The van der Waals surface area contributed by atoms with Gasteiger partial charge in [-0.2, -0.15) is 0 Å². The van der Waals surface area contributed by atoms with Crippen LogP contribution in [0.2, 0.25) is 0 Å². The van der Waals surface area contributed by atoms with Gasteiger partial charge < -0.3 is 14.2 Å². The van der Waals surface area contributed by atoms with Gasteiger partial charge in [0.05, 0.1) is 17.8 Å². The summed E-state index contributed by atoms with van der Waals surface area (Å²) in [5.74, 6) is 2.28. The van der Waals surface area contributed by atoms with Gasteiger partial charge in [-0.1, -0.05) is 78.9 Å². The summed E-state index contributed by atoms with van der Waals surface area (Å²) in [7, 11) is 0. The molecule has 0 spiro atoms. The Hall–Kier alpha value is -4.57. The van der Waals surface area contributed by atoms with E-state index in [4.69, 9.17) is 19.2 Å². The monoisotopic (exact) mass is 487 g/mol. The van der Waals surface area contributed by atoms with Crippen LogP contribution in [-0.2, 0) is 13.2 Å². The lowest BCUT2D eigenvalue weighted by atomic mass is 10.1. The molecule has 1 aromatic heterocycles. The standard InChI is InChI=1S/C33H29NO3/c1-2-35-30-18-19-31-28(22-30)15-17-29(34-31)16-13-25-14-20-32(36-23-26-9-5-3-6-10-26)33(21-25)37-24-27-11-7-4-8-12-27/h3-22H,2,23-24H2,1H3. The normalized spacial score (nSPS) is 11.1. The van der Waals surface area contributed by atoms with Gasteiger partial charge in [-0.15, -0.1) is 0 Å². The first-order chi connectivity index (χ1) is 18.3. The highest BCUT2D eigenvalue weighted by atomic mass is 16.5. The summed E-state index contributed by atoms with van der Waals surface area (Å²) >= 11 is 0. The van der Waals surface area contributed by atoms with Gasteiger partial charge in [-0.05, 0) is 66.1 Å². The lowest BCUT2D eigenvalue weighted by Crippen LogP contribution is -2.01. The number of pyridine rings is 1. The van der Waals surface area contributed by atoms with Crippen LogP contribution < -0.4 is 14.2 Å². The fourth-order valence-electron chi connectivity index (χ4n) is 3.98. The Morgan fingerprint density at radius 3 is 2.03 bits per heavy atom. The van der Waals surface area contributed by atoms with E-state index in [2.05, 4.69) is 30.3 Å². The molecule has 184 valence electrons. The topological polar surface area (TPSA) is 40.6 Å². The number of aromatic nitrogens is 1. The molecule has 0 aliphatic carbocycles. The number of hydrogen-bond acceptors (Lipinski definition) is 4. The number of ether oxygens (including phenoxy) is 3. The highest BCUT2D eigenvalue weighted by molar-refractivity contribution is 5.82. The van der Waals surface area contributed by atoms with Crippen molar-refractivity contribution in [2.75, 3.05) is 6.61 Å². The minimum Gasteiger partial charge on any atom is -0.494 e. The van der Waals surface area contributed by atoms with Crippen molar-refractivity contribution < 1.29 is 14.2 Å². The SMILES string of the molecule is CCOc1ccc2nc(C=Cc3ccc(OCc4ccccc4)c(OCc4ccccc4)c3)ccc2c1. The molecule has 0 atom stereocenters. The summed E-state index contributed by atoms with van der Waals surface area (Å²) in [6.45, 7) is 3.57. The molecule has 0 saturated carbocycles. The second kappa shape index (κ2) is 11.9. The summed E-state index contributed by atoms with van der Waals surface area (Å²) in [5, 5.41) is 1.06. The van der Waals surface area contributed by atoms with E-state index in [9.17, 15) is 0 Å². The number of rotatable bonds is 10. The van der Waals surface area contributed by atoms with Gasteiger partial charge >= 0.3 is 0 Å². The molecular formula is C33H29NO3. The van der Waals surface area contributed by atoms with Gasteiger partial charge in [0, 0.05) is 5.39 Å². The highest BCUT2D eigenvalue weighted by Gasteiger charge is 2.08. The van der Waals surface area contributed by atoms with E-state index in [0.717, 1.165) is 39.0 Å². The van der Waals surface area contributed by atoms with Crippen LogP contribution in [0.1, 0.15) is 29.3 Å². The maximum atomic E-state index is 6.21. The molecule has 4 nitrogen and oxygen atoms in total. The third kappa shape index (κ3) is 6.56. The molecule has 0 amide bonds. The van der Waals surface area contributed by atoms with Crippen molar-refractivity contribution in [3.8, 4) is 17.2 Å². The summed E-state index contributed by atoms with van der Waals surface area (Å²) < 4.78 is 17.9. The first-order valence-electron chi connectivity index (χ1n) is 12.5. The predicted octanol–water partition coefficient (Wildman–Crippen LogP) is 7.96. The van der Waals surface area contributed by atoms with Crippen molar-refractivity contribution in [3.05, 3.63) is 132 Å². The molecule has 0 unspecified atom stereocenters. The van der Waals surface area contributed by atoms with Crippen LogP contribution in [0.25, 0.3) is 23.1 Å². The second-order valence-corrected chi connectivity index (χ2v) is 8.61. The molecule has 0 saturated heterocycles. The Bertz CT molecular complexity index is 1480. The lowest BCUT2D eigenvalue weighted by molar-refractivity contribution is 0.256. The van der Waals surface area contributed by atoms with E-state index in [0.29, 0.717) is 31.3 Å². The van der Waals surface area contributed by atoms with Crippen molar-refractivity contribution >= 4 is 23.1 Å². The minimum absolute atomic E-state index is 0.464. The zero-order chi connectivity index (χ0) is 25.3. The highest BCUT2D eigenvalue weighted by Crippen LogP contribution is 2.31. The van der Waals surface area contributed by atoms with Crippen LogP contribution in [0, 0.1) is 0 Å². The van der Waals surface area contributed by atoms with E-state index in [1.165, 1.54) is 0 Å². The molecule has 5 rings (SSSR count). The molecule has 0 aliphatic heterocycles. The van der Waals surface area contributed by atoms with Gasteiger partial charge in [0.2, 0.25) is 0 Å². The Labute approximate surface area is 217 Å². The Morgan fingerprint density at radius 1 is 0.622 bits per heavy atom. The second-order valence-electron chi connectivity index (χ2n) is 8.61. The maximum absolute atomic E-state index is 6.21. The Morgan fingerprint density at radius 2 is 1.32 bits per heavy atom. The molecular weight excluding hydrogens is 458 g/mol. The van der Waals surface area contributed by atoms with Crippen molar-refractivity contribution in [1.29, 1.82) is 0 Å². The number of nitrogens with zero attached hydrogens (tertiary/aromatic N) is 1. The van der Waals surface area contributed by atoms with Crippen molar-refractivity contribution in [1.82, 2.24) is 4.98 Å². The smallest absolute Gasteiger partial charge is 0.162 e. The average Bonchev–Trinajstić information content (AvgIpc) is 2.95. The summed E-state index contributed by atoms with van der Waals surface area (Å²) in [4.78, 5) is 4.77. The number of fused-ring (bicyclic) bond motifs is 1. The van der Waals surface area contributed by atoms with E-state index >= 15 is 0 Å². The third-order valence-electron chi connectivity index (χ3n) is 5.88. The fourth-order valence-corrected chi connectivity index (χ4v) is 3.98. The minimum atomic E-state index is 0.464. The summed E-state index contributed by atoms with van der Waals surface area (Å²) in [6, 6.07) is 36.3. The first kappa shape index (κ1) is 24.1. The molecule has 0 N–H and O–H groups in total. The molecule has 5 aromatic rings. The van der Waals surface area contributed by atoms with Crippen LogP contribution in [-0.4, -0.2) is 11.6 Å². The van der Waals surface area contributed by atoms with Gasteiger partial charge in [-0.25, -0.2) is 4.98 Å². The van der Waals surface area contributed by atoms with Crippen LogP contribution in [0.15, 0.2) is 109 Å². The van der Waals surface area contributed by atoms with Crippen LogP contribution in [0.5, 0.6) is 17.2 Å². The molecule has 0 bridgehead atoms. The van der Waals surface area contributed by atoms with Crippen LogP contribution >= 0.6 is 0 Å². The van der Waals surface area contributed by atoms with E-state index in [-0.39, 0.29) is 0 Å². The number of hydrogen-bond donors (Lipinski definition) is 0. The van der Waals surface area contributed by atoms with E-state index in [1.54, 1.807) is 0 Å². The molecule has 0 radical (unpaired) electrons. The quantitative estimate of drug-likeness (QED) is 0.200. The zero-order valence-corrected chi connectivity index (χ0v) is 20.8. The van der Waals surface area contributed by atoms with Crippen molar-refractivity contribution in [2.45, 2.75) is 20.1 Å². The zero-order valence-electron chi connectivity index (χ0n) is 20.8. The molecule has 1 heterocycles. The number of benzene rings is 4. The van der Waals surface area contributed by atoms with Gasteiger partial charge in [0.25, 0.3) is 0 Å². The van der Waals surface area contributed by atoms with E-state index in [1.807, 2.05) is 97.9 Å². The van der Waals surface area contributed by atoms with Gasteiger partial charge in [-0.3, -0.25) is 0 Å². The van der Waals surface area contributed by atoms with Crippen LogP contribution in [0.3, 0.4) is 0 Å². The first-order valence-corrected chi connectivity index (χ1v) is 12.5. The van der Waals surface area contributed by atoms with E-state index < -0.39 is 0 Å². The van der Waals surface area contributed by atoms with Gasteiger partial charge in [0.15, 0.2) is 11.5 Å².